The van der Waals surface area contributed by atoms with Crippen molar-refractivity contribution in [2.45, 2.75) is 32.4 Å². The number of methoxy groups -OCH3 is 1. The van der Waals surface area contributed by atoms with E-state index in [0.717, 1.165) is 31.5 Å². The highest BCUT2D eigenvalue weighted by molar-refractivity contribution is 5.28. The van der Waals surface area contributed by atoms with E-state index in [1.165, 1.54) is 6.07 Å². The van der Waals surface area contributed by atoms with Crippen molar-refractivity contribution in [1.82, 2.24) is 4.90 Å². The van der Waals surface area contributed by atoms with Crippen LogP contribution in [0.4, 0.5) is 4.39 Å². The molecule has 4 heteroatoms. The lowest BCUT2D eigenvalue weighted by molar-refractivity contribution is 0.164. The van der Waals surface area contributed by atoms with Crippen LogP contribution >= 0.6 is 0 Å². The number of nitrogens with zero attached hydrogens (tertiary/aromatic N) is 1. The Hall–Kier alpha value is -1.13. The molecule has 1 aliphatic rings. The summed E-state index contributed by atoms with van der Waals surface area (Å²) in [5, 5.41) is 0. The van der Waals surface area contributed by atoms with Gasteiger partial charge in [-0.2, -0.15) is 0 Å². The van der Waals surface area contributed by atoms with Crippen LogP contribution in [0.25, 0.3) is 0 Å². The lowest BCUT2D eigenvalue weighted by Gasteiger charge is -2.33. The van der Waals surface area contributed by atoms with Gasteiger partial charge in [0.25, 0.3) is 0 Å². The Morgan fingerprint density at radius 2 is 2.11 bits per heavy atom. The molecule has 0 saturated carbocycles. The minimum absolute atomic E-state index is 0.186. The minimum Gasteiger partial charge on any atom is -0.497 e. The number of likely N-dealkylation sites (tertiary alicyclic amines) is 1. The SMILES string of the molecule is COc1ccc(CN2CCC(C(C)N)CC2)c(F)c1. The summed E-state index contributed by atoms with van der Waals surface area (Å²) < 4.78 is 18.9. The average molecular weight is 266 g/mol. The van der Waals surface area contributed by atoms with Crippen LogP contribution < -0.4 is 10.5 Å². The van der Waals surface area contributed by atoms with Gasteiger partial charge in [0.2, 0.25) is 0 Å². The molecule has 19 heavy (non-hydrogen) atoms. The van der Waals surface area contributed by atoms with Gasteiger partial charge in [-0.15, -0.1) is 0 Å². The Bertz CT molecular complexity index is 415. The first kappa shape index (κ1) is 14.3. The maximum Gasteiger partial charge on any atom is 0.131 e. The lowest BCUT2D eigenvalue weighted by atomic mass is 9.91. The summed E-state index contributed by atoms with van der Waals surface area (Å²) in [5.74, 6) is 0.988. The average Bonchev–Trinajstić information content (AvgIpc) is 2.41. The zero-order valence-corrected chi connectivity index (χ0v) is 11.7. The van der Waals surface area contributed by atoms with Gasteiger partial charge in [-0.25, -0.2) is 4.39 Å². The molecule has 1 aromatic rings. The molecule has 0 bridgehead atoms. The number of hydrogen-bond donors (Lipinski definition) is 1. The van der Waals surface area contributed by atoms with Gasteiger partial charge < -0.3 is 10.5 Å². The quantitative estimate of drug-likeness (QED) is 0.909. The second-order valence-corrected chi connectivity index (χ2v) is 5.43. The van der Waals surface area contributed by atoms with Gasteiger partial charge in [0.1, 0.15) is 11.6 Å². The fourth-order valence-corrected chi connectivity index (χ4v) is 2.66. The minimum atomic E-state index is -0.186. The standard InChI is InChI=1S/C15H23FN2O/c1-11(17)12-5-7-18(8-6-12)10-13-3-4-14(19-2)9-15(13)16/h3-4,9,11-12H,5-8,10,17H2,1-2H3. The second kappa shape index (κ2) is 6.35. The fourth-order valence-electron chi connectivity index (χ4n) is 2.66. The molecule has 2 rings (SSSR count). The van der Waals surface area contributed by atoms with E-state index >= 15 is 0 Å². The van der Waals surface area contributed by atoms with Crippen molar-refractivity contribution in [3.8, 4) is 5.75 Å². The number of ether oxygens (including phenoxy) is 1. The predicted octanol–water partition coefficient (Wildman–Crippen LogP) is 2.39. The summed E-state index contributed by atoms with van der Waals surface area (Å²) in [5.41, 5.74) is 6.66. The lowest BCUT2D eigenvalue weighted by Crippen LogP contribution is -2.39. The zero-order chi connectivity index (χ0) is 13.8. The van der Waals surface area contributed by atoms with E-state index in [2.05, 4.69) is 11.8 Å². The molecule has 1 aromatic carbocycles. The van der Waals surface area contributed by atoms with Crippen molar-refractivity contribution in [3.63, 3.8) is 0 Å². The number of benzene rings is 1. The summed E-state index contributed by atoms with van der Waals surface area (Å²) >= 11 is 0. The third-order valence-electron chi connectivity index (χ3n) is 4.03. The molecule has 2 N–H and O–H groups in total. The highest BCUT2D eigenvalue weighted by Gasteiger charge is 2.22. The molecule has 1 saturated heterocycles. The van der Waals surface area contributed by atoms with Crippen molar-refractivity contribution in [1.29, 1.82) is 0 Å². The number of nitrogens with two attached hydrogens (primary N) is 1. The van der Waals surface area contributed by atoms with Crippen molar-refractivity contribution >= 4 is 0 Å². The maximum atomic E-state index is 13.9. The Kier molecular flexibility index (Phi) is 4.77. The summed E-state index contributed by atoms with van der Waals surface area (Å²) in [6.45, 7) is 4.74. The van der Waals surface area contributed by atoms with Crippen LogP contribution in [0.2, 0.25) is 0 Å². The van der Waals surface area contributed by atoms with Crippen LogP contribution in [-0.2, 0) is 6.54 Å². The summed E-state index contributed by atoms with van der Waals surface area (Å²) in [7, 11) is 1.55. The Morgan fingerprint density at radius 1 is 1.42 bits per heavy atom. The first-order valence-corrected chi connectivity index (χ1v) is 6.90. The van der Waals surface area contributed by atoms with E-state index < -0.39 is 0 Å². The Labute approximate surface area is 114 Å². The Morgan fingerprint density at radius 3 is 2.63 bits per heavy atom. The first-order chi connectivity index (χ1) is 9.10. The molecule has 1 heterocycles. The van der Waals surface area contributed by atoms with E-state index in [9.17, 15) is 4.39 Å². The van der Waals surface area contributed by atoms with E-state index in [1.54, 1.807) is 7.11 Å². The molecule has 1 aliphatic heterocycles. The van der Waals surface area contributed by atoms with Crippen molar-refractivity contribution < 1.29 is 9.13 Å². The van der Waals surface area contributed by atoms with Gasteiger partial charge in [-0.3, -0.25) is 4.90 Å². The maximum absolute atomic E-state index is 13.9. The van der Waals surface area contributed by atoms with Crippen LogP contribution in [0, 0.1) is 11.7 Å². The molecule has 1 unspecified atom stereocenters. The number of halogens is 1. The highest BCUT2D eigenvalue weighted by atomic mass is 19.1. The van der Waals surface area contributed by atoms with E-state index in [0.29, 0.717) is 18.2 Å². The number of piperidine rings is 1. The van der Waals surface area contributed by atoms with Gasteiger partial charge in [0.05, 0.1) is 7.11 Å². The largest absolute Gasteiger partial charge is 0.497 e. The molecule has 0 amide bonds. The number of rotatable bonds is 4. The smallest absolute Gasteiger partial charge is 0.131 e. The molecule has 1 fully saturated rings. The van der Waals surface area contributed by atoms with Crippen LogP contribution in [0.15, 0.2) is 18.2 Å². The Balaban J connectivity index is 1.92. The second-order valence-electron chi connectivity index (χ2n) is 5.43. The number of hydrogen-bond acceptors (Lipinski definition) is 3. The third kappa shape index (κ3) is 3.67. The summed E-state index contributed by atoms with van der Waals surface area (Å²) in [4.78, 5) is 2.30. The molecule has 0 aromatic heterocycles. The van der Waals surface area contributed by atoms with Crippen LogP contribution in [0.3, 0.4) is 0 Å². The summed E-state index contributed by atoms with van der Waals surface area (Å²) in [6, 6.07) is 5.34. The monoisotopic (exact) mass is 266 g/mol. The van der Waals surface area contributed by atoms with Gasteiger partial charge >= 0.3 is 0 Å². The normalized spacial score (nSPS) is 19.4. The molecular formula is C15H23FN2O. The third-order valence-corrected chi connectivity index (χ3v) is 4.03. The van der Waals surface area contributed by atoms with Crippen LogP contribution in [0.1, 0.15) is 25.3 Å². The summed E-state index contributed by atoms with van der Waals surface area (Å²) in [6.07, 6.45) is 2.21. The van der Waals surface area contributed by atoms with E-state index in [1.807, 2.05) is 12.1 Å². The predicted molar refractivity (Wildman–Crippen MR) is 74.6 cm³/mol. The topological polar surface area (TPSA) is 38.5 Å². The van der Waals surface area contributed by atoms with Gasteiger partial charge in [0, 0.05) is 24.2 Å². The van der Waals surface area contributed by atoms with Crippen LogP contribution in [0.5, 0.6) is 5.75 Å². The molecule has 0 aliphatic carbocycles. The molecule has 0 spiro atoms. The van der Waals surface area contributed by atoms with Gasteiger partial charge in [-0.05, 0) is 44.8 Å². The molecule has 1 atom stereocenters. The van der Waals surface area contributed by atoms with E-state index in [-0.39, 0.29) is 11.9 Å². The van der Waals surface area contributed by atoms with E-state index in [4.69, 9.17) is 10.5 Å². The van der Waals surface area contributed by atoms with Gasteiger partial charge in [0.15, 0.2) is 0 Å². The first-order valence-electron chi connectivity index (χ1n) is 6.90. The molecule has 106 valence electrons. The zero-order valence-electron chi connectivity index (χ0n) is 11.7. The van der Waals surface area contributed by atoms with Gasteiger partial charge in [-0.1, -0.05) is 6.07 Å². The molecule has 0 radical (unpaired) electrons. The van der Waals surface area contributed by atoms with Crippen molar-refractivity contribution in [2.75, 3.05) is 20.2 Å². The highest BCUT2D eigenvalue weighted by Crippen LogP contribution is 2.23. The molecule has 3 nitrogen and oxygen atoms in total. The van der Waals surface area contributed by atoms with Crippen molar-refractivity contribution in [2.24, 2.45) is 11.7 Å². The molecular weight excluding hydrogens is 243 g/mol. The van der Waals surface area contributed by atoms with Crippen LogP contribution in [-0.4, -0.2) is 31.1 Å². The fraction of sp³-hybridized carbons (Fsp3) is 0.600. The van der Waals surface area contributed by atoms with Crippen molar-refractivity contribution in [3.05, 3.63) is 29.6 Å².